The van der Waals surface area contributed by atoms with E-state index in [4.69, 9.17) is 0 Å². The molecule has 1 aliphatic heterocycles. The van der Waals surface area contributed by atoms with Crippen LogP contribution in [0, 0.1) is 5.92 Å². The van der Waals surface area contributed by atoms with E-state index >= 15 is 0 Å². The molecule has 0 unspecified atom stereocenters. The molecule has 1 aliphatic carbocycles. The van der Waals surface area contributed by atoms with Gasteiger partial charge in [-0.05, 0) is 44.2 Å². The Hall–Kier alpha value is -1.08. The molecule has 0 saturated carbocycles. The number of rotatable bonds is 1. The van der Waals surface area contributed by atoms with Gasteiger partial charge in [0.1, 0.15) is 0 Å². The predicted molar refractivity (Wildman–Crippen MR) is 71.9 cm³/mol. The van der Waals surface area contributed by atoms with Gasteiger partial charge in [-0.2, -0.15) is 0 Å². The van der Waals surface area contributed by atoms with Crippen molar-refractivity contribution in [2.24, 2.45) is 5.92 Å². The van der Waals surface area contributed by atoms with Gasteiger partial charge in [0.2, 0.25) is 0 Å². The summed E-state index contributed by atoms with van der Waals surface area (Å²) in [4.78, 5) is 2.54. The zero-order chi connectivity index (χ0) is 11.7. The van der Waals surface area contributed by atoms with Gasteiger partial charge in [-0.3, -0.25) is 4.90 Å². The van der Waals surface area contributed by atoms with Gasteiger partial charge in [0.05, 0.1) is 0 Å². The van der Waals surface area contributed by atoms with Gasteiger partial charge in [-0.15, -0.1) is 0 Å². The lowest BCUT2D eigenvalue weighted by atomic mass is 9.75. The van der Waals surface area contributed by atoms with Crippen LogP contribution in [-0.2, 0) is 0 Å². The molecule has 1 nitrogen and oxygen atoms in total. The quantitative estimate of drug-likeness (QED) is 0.660. The first-order valence-corrected chi connectivity index (χ1v) is 6.80. The fourth-order valence-electron chi connectivity index (χ4n) is 3.50. The molecule has 1 heterocycles. The van der Waals surface area contributed by atoms with Crippen LogP contribution in [0.2, 0.25) is 0 Å². The summed E-state index contributed by atoms with van der Waals surface area (Å²) in [7, 11) is 2.28. The zero-order valence-corrected chi connectivity index (χ0v) is 10.6. The second-order valence-corrected chi connectivity index (χ2v) is 5.40. The molecule has 3 rings (SSSR count). The lowest BCUT2D eigenvalue weighted by Gasteiger charge is -2.43. The van der Waals surface area contributed by atoms with Crippen molar-refractivity contribution in [1.82, 2.24) is 4.90 Å². The van der Waals surface area contributed by atoms with E-state index in [-0.39, 0.29) is 0 Å². The van der Waals surface area contributed by atoms with Crippen molar-refractivity contribution < 1.29 is 0 Å². The average molecular weight is 227 g/mol. The monoisotopic (exact) mass is 227 g/mol. The van der Waals surface area contributed by atoms with Gasteiger partial charge in [0.15, 0.2) is 0 Å². The molecule has 0 N–H and O–H groups in total. The Balaban J connectivity index is 1.95. The first-order chi connectivity index (χ1) is 8.36. The van der Waals surface area contributed by atoms with Crippen LogP contribution in [0.4, 0.5) is 0 Å². The van der Waals surface area contributed by atoms with E-state index < -0.39 is 0 Å². The van der Waals surface area contributed by atoms with Gasteiger partial charge < -0.3 is 0 Å². The molecule has 1 aromatic rings. The molecule has 2 aliphatic rings. The summed E-state index contributed by atoms with van der Waals surface area (Å²) in [6, 6.07) is 11.6. The maximum absolute atomic E-state index is 2.54. The van der Waals surface area contributed by atoms with Crippen LogP contribution in [0.3, 0.4) is 0 Å². The molecule has 2 atom stereocenters. The second-order valence-electron chi connectivity index (χ2n) is 5.40. The van der Waals surface area contributed by atoms with Crippen LogP contribution in [-0.4, -0.2) is 18.5 Å². The minimum atomic E-state index is 0.608. The van der Waals surface area contributed by atoms with E-state index in [1.54, 1.807) is 5.57 Å². The van der Waals surface area contributed by atoms with E-state index in [9.17, 15) is 0 Å². The van der Waals surface area contributed by atoms with Crippen LogP contribution < -0.4 is 0 Å². The number of benzene rings is 1. The summed E-state index contributed by atoms with van der Waals surface area (Å²) >= 11 is 0. The van der Waals surface area contributed by atoms with Crippen LogP contribution in [0.1, 0.15) is 37.3 Å². The van der Waals surface area contributed by atoms with E-state index in [0.717, 1.165) is 5.92 Å². The first-order valence-electron chi connectivity index (χ1n) is 6.80. The largest absolute Gasteiger partial charge is 0.298 e. The standard InChI is InChI=1S/C16H21N/c1-17-12-11-13-7-5-6-10-15(13)16(17)14-8-3-2-4-9-14/h2-4,7-9,15-16H,5-6,10-12H2,1H3/t15-,16+/m1/s1. The molecule has 1 saturated heterocycles. The zero-order valence-electron chi connectivity index (χ0n) is 10.6. The van der Waals surface area contributed by atoms with Crippen molar-refractivity contribution in [3.05, 3.63) is 47.5 Å². The minimum absolute atomic E-state index is 0.608. The fourth-order valence-corrected chi connectivity index (χ4v) is 3.50. The third kappa shape index (κ3) is 2.04. The van der Waals surface area contributed by atoms with E-state index in [1.807, 2.05) is 0 Å². The first kappa shape index (κ1) is 11.0. The van der Waals surface area contributed by atoms with Gasteiger partial charge in [-0.1, -0.05) is 42.0 Å². The molecular weight excluding hydrogens is 206 g/mol. The smallest absolute Gasteiger partial charge is 0.0410 e. The molecule has 0 amide bonds. The lowest BCUT2D eigenvalue weighted by molar-refractivity contribution is 0.149. The molecule has 1 fully saturated rings. The summed E-state index contributed by atoms with van der Waals surface area (Å²) in [5.74, 6) is 0.768. The Morgan fingerprint density at radius 3 is 2.82 bits per heavy atom. The number of hydrogen-bond donors (Lipinski definition) is 0. The Kier molecular flexibility index (Phi) is 3.02. The summed E-state index contributed by atoms with van der Waals surface area (Å²) < 4.78 is 0. The van der Waals surface area contributed by atoms with E-state index in [1.165, 1.54) is 37.8 Å². The predicted octanol–water partition coefficient (Wildman–Crippen LogP) is 3.79. The lowest BCUT2D eigenvalue weighted by Crippen LogP contribution is -2.38. The van der Waals surface area contributed by atoms with E-state index in [2.05, 4.69) is 48.4 Å². The summed E-state index contributed by atoms with van der Waals surface area (Å²) in [6.07, 6.45) is 7.83. The van der Waals surface area contributed by atoms with Crippen molar-refractivity contribution in [1.29, 1.82) is 0 Å². The normalized spacial score (nSPS) is 29.6. The number of allylic oxidation sites excluding steroid dienone is 1. The molecule has 1 heteroatoms. The highest BCUT2D eigenvalue weighted by atomic mass is 15.1. The number of hydrogen-bond acceptors (Lipinski definition) is 1. The van der Waals surface area contributed by atoms with Crippen molar-refractivity contribution in [2.45, 2.75) is 31.7 Å². The highest BCUT2D eigenvalue weighted by Gasteiger charge is 2.34. The average Bonchev–Trinajstić information content (AvgIpc) is 2.39. The van der Waals surface area contributed by atoms with Gasteiger partial charge >= 0.3 is 0 Å². The highest BCUT2D eigenvalue weighted by molar-refractivity contribution is 5.26. The molecule has 1 aromatic carbocycles. The molecule has 0 bridgehead atoms. The Bertz CT molecular complexity index is 407. The molecule has 0 aromatic heterocycles. The van der Waals surface area contributed by atoms with Gasteiger partial charge in [0.25, 0.3) is 0 Å². The Morgan fingerprint density at radius 1 is 1.18 bits per heavy atom. The van der Waals surface area contributed by atoms with Crippen molar-refractivity contribution in [3.8, 4) is 0 Å². The number of piperidine rings is 1. The minimum Gasteiger partial charge on any atom is -0.298 e. The van der Waals surface area contributed by atoms with Crippen molar-refractivity contribution >= 4 is 0 Å². The van der Waals surface area contributed by atoms with Crippen molar-refractivity contribution in [2.75, 3.05) is 13.6 Å². The van der Waals surface area contributed by atoms with Crippen LogP contribution in [0.5, 0.6) is 0 Å². The molecule has 90 valence electrons. The van der Waals surface area contributed by atoms with Gasteiger partial charge in [0, 0.05) is 12.6 Å². The maximum atomic E-state index is 2.54. The highest BCUT2D eigenvalue weighted by Crippen LogP contribution is 2.43. The maximum Gasteiger partial charge on any atom is 0.0410 e. The fraction of sp³-hybridized carbons (Fsp3) is 0.500. The SMILES string of the molecule is CN1CCC2=CCCC[C@H]2[C@@H]1c1ccccc1. The van der Waals surface area contributed by atoms with Crippen LogP contribution in [0.25, 0.3) is 0 Å². The van der Waals surface area contributed by atoms with Crippen LogP contribution >= 0.6 is 0 Å². The van der Waals surface area contributed by atoms with Gasteiger partial charge in [-0.25, -0.2) is 0 Å². The second kappa shape index (κ2) is 4.66. The third-order valence-corrected chi connectivity index (χ3v) is 4.35. The summed E-state index contributed by atoms with van der Waals surface area (Å²) in [6.45, 7) is 1.21. The summed E-state index contributed by atoms with van der Waals surface area (Å²) in [5, 5.41) is 0. The summed E-state index contributed by atoms with van der Waals surface area (Å²) in [5.41, 5.74) is 3.22. The molecular formula is C16H21N. The molecule has 17 heavy (non-hydrogen) atoms. The molecule has 0 spiro atoms. The molecule has 0 radical (unpaired) electrons. The van der Waals surface area contributed by atoms with Crippen LogP contribution in [0.15, 0.2) is 42.0 Å². The Morgan fingerprint density at radius 2 is 2.00 bits per heavy atom. The Labute approximate surface area is 104 Å². The van der Waals surface area contributed by atoms with E-state index in [0.29, 0.717) is 6.04 Å². The topological polar surface area (TPSA) is 3.24 Å². The number of nitrogens with zero attached hydrogens (tertiary/aromatic N) is 1. The number of fused-ring (bicyclic) bond motifs is 1. The van der Waals surface area contributed by atoms with Crippen molar-refractivity contribution in [3.63, 3.8) is 0 Å². The number of likely N-dealkylation sites (tertiary alicyclic amines) is 1. The third-order valence-electron chi connectivity index (χ3n) is 4.35.